The fourth-order valence-electron chi connectivity index (χ4n) is 2.40. The van der Waals surface area contributed by atoms with Crippen LogP contribution in [0.3, 0.4) is 0 Å². The third kappa shape index (κ3) is 4.71. The van der Waals surface area contributed by atoms with Crippen LogP contribution in [-0.2, 0) is 0 Å². The summed E-state index contributed by atoms with van der Waals surface area (Å²) in [5.74, 6) is -0.417. The van der Waals surface area contributed by atoms with E-state index in [1.54, 1.807) is 55.5 Å². The molecule has 9 heteroatoms. The number of amides is 3. The molecule has 0 saturated heterocycles. The van der Waals surface area contributed by atoms with Crippen molar-refractivity contribution in [2.24, 2.45) is 0 Å². The second-order valence-electron chi connectivity index (χ2n) is 5.82. The number of hydrogen-bond donors (Lipinski definition) is 3. The van der Waals surface area contributed by atoms with E-state index in [0.29, 0.717) is 26.8 Å². The lowest BCUT2D eigenvalue weighted by atomic mass is 10.2. The van der Waals surface area contributed by atoms with Crippen molar-refractivity contribution < 1.29 is 14.5 Å². The molecule has 0 unspecified atom stereocenters. The van der Waals surface area contributed by atoms with Crippen LogP contribution in [0.1, 0.15) is 15.2 Å². The number of urea groups is 1. The smallest absolute Gasteiger partial charge is 0.321 e. The molecule has 3 rings (SSSR count). The first-order valence-electron chi connectivity index (χ1n) is 8.21. The van der Waals surface area contributed by atoms with Crippen molar-refractivity contribution in [3.05, 3.63) is 81.2 Å². The number of benzene rings is 2. The Morgan fingerprint density at radius 2 is 1.68 bits per heavy atom. The van der Waals surface area contributed by atoms with Crippen molar-refractivity contribution in [2.75, 3.05) is 16.0 Å². The number of nitrogens with one attached hydrogen (secondary N) is 3. The van der Waals surface area contributed by atoms with Gasteiger partial charge in [-0.05, 0) is 37.3 Å². The fraction of sp³-hybridized carbons (Fsp3) is 0.0526. The Bertz CT molecular complexity index is 1030. The van der Waals surface area contributed by atoms with Gasteiger partial charge in [-0.2, -0.15) is 0 Å². The van der Waals surface area contributed by atoms with Gasteiger partial charge in [0.05, 0.1) is 14.8 Å². The Morgan fingerprint density at radius 3 is 2.39 bits per heavy atom. The van der Waals surface area contributed by atoms with E-state index in [1.807, 2.05) is 6.07 Å². The summed E-state index contributed by atoms with van der Waals surface area (Å²) in [5.41, 5.74) is 1.42. The summed E-state index contributed by atoms with van der Waals surface area (Å²) in [7, 11) is 0. The zero-order valence-corrected chi connectivity index (χ0v) is 15.6. The summed E-state index contributed by atoms with van der Waals surface area (Å²) in [6.07, 6.45) is 0. The molecule has 142 valence electrons. The summed E-state index contributed by atoms with van der Waals surface area (Å²) in [6.45, 7) is 1.63. The van der Waals surface area contributed by atoms with E-state index < -0.39 is 16.9 Å². The molecular formula is C19H16N4O4S. The molecule has 3 N–H and O–H groups in total. The summed E-state index contributed by atoms with van der Waals surface area (Å²) < 4.78 is 0. The van der Waals surface area contributed by atoms with Gasteiger partial charge in [0.2, 0.25) is 0 Å². The van der Waals surface area contributed by atoms with Gasteiger partial charge in [0.25, 0.3) is 11.6 Å². The number of nitro groups is 1. The third-order valence-electron chi connectivity index (χ3n) is 3.76. The topological polar surface area (TPSA) is 113 Å². The van der Waals surface area contributed by atoms with Gasteiger partial charge in [0, 0.05) is 23.0 Å². The number of para-hydroxylation sites is 1. The standard InChI is InChI=1S/C19H16N4O4S/c1-12-7-8-14(11-15(12)23(26)27)20-18(24)16-9-10-17(28-16)22-19(25)21-13-5-3-2-4-6-13/h2-11H,1H3,(H,20,24)(H2,21,22,25). The van der Waals surface area contributed by atoms with Crippen LogP contribution in [0.25, 0.3) is 0 Å². The largest absolute Gasteiger partial charge is 0.324 e. The van der Waals surface area contributed by atoms with Gasteiger partial charge in [0.1, 0.15) is 0 Å². The highest BCUT2D eigenvalue weighted by Gasteiger charge is 2.15. The molecule has 3 aromatic rings. The van der Waals surface area contributed by atoms with Crippen LogP contribution in [0.15, 0.2) is 60.7 Å². The second kappa shape index (κ2) is 8.31. The molecule has 0 atom stereocenters. The van der Waals surface area contributed by atoms with E-state index >= 15 is 0 Å². The second-order valence-corrected chi connectivity index (χ2v) is 6.91. The van der Waals surface area contributed by atoms with Crippen LogP contribution < -0.4 is 16.0 Å². The summed E-state index contributed by atoms with van der Waals surface area (Å²) >= 11 is 1.09. The molecule has 0 aliphatic heterocycles. The highest BCUT2D eigenvalue weighted by molar-refractivity contribution is 7.18. The maximum atomic E-state index is 12.4. The Labute approximate surface area is 164 Å². The molecule has 3 amide bonds. The minimum atomic E-state index is -0.497. The zero-order valence-electron chi connectivity index (χ0n) is 14.8. The molecule has 8 nitrogen and oxygen atoms in total. The van der Waals surface area contributed by atoms with Crippen molar-refractivity contribution in [1.82, 2.24) is 0 Å². The summed E-state index contributed by atoms with van der Waals surface area (Å²) in [4.78, 5) is 35.3. The predicted molar refractivity (Wildman–Crippen MR) is 109 cm³/mol. The van der Waals surface area contributed by atoms with Crippen molar-refractivity contribution >= 4 is 45.3 Å². The van der Waals surface area contributed by atoms with E-state index in [9.17, 15) is 19.7 Å². The van der Waals surface area contributed by atoms with E-state index in [0.717, 1.165) is 11.3 Å². The maximum Gasteiger partial charge on any atom is 0.324 e. The van der Waals surface area contributed by atoms with Crippen LogP contribution in [0.2, 0.25) is 0 Å². The highest BCUT2D eigenvalue weighted by atomic mass is 32.1. The molecule has 1 heterocycles. The van der Waals surface area contributed by atoms with Crippen LogP contribution in [0.5, 0.6) is 0 Å². The molecule has 2 aromatic carbocycles. The molecule has 0 aliphatic rings. The number of nitrogens with zero attached hydrogens (tertiary/aromatic N) is 1. The molecule has 0 spiro atoms. The molecule has 0 fully saturated rings. The van der Waals surface area contributed by atoms with Crippen molar-refractivity contribution in [3.8, 4) is 0 Å². The lowest BCUT2D eigenvalue weighted by Gasteiger charge is -2.06. The quantitative estimate of drug-likeness (QED) is 0.422. The van der Waals surface area contributed by atoms with Gasteiger partial charge in [0.15, 0.2) is 0 Å². The average Bonchev–Trinajstić information content (AvgIpc) is 3.12. The normalized spacial score (nSPS) is 10.2. The van der Waals surface area contributed by atoms with Gasteiger partial charge < -0.3 is 10.6 Å². The predicted octanol–water partition coefficient (Wildman–Crippen LogP) is 4.86. The number of thiophene rings is 1. The molecule has 28 heavy (non-hydrogen) atoms. The Morgan fingerprint density at radius 1 is 0.929 bits per heavy atom. The number of aryl methyl sites for hydroxylation is 1. The molecule has 1 aromatic heterocycles. The zero-order chi connectivity index (χ0) is 20.1. The lowest BCUT2D eigenvalue weighted by molar-refractivity contribution is -0.385. The van der Waals surface area contributed by atoms with E-state index in [2.05, 4.69) is 16.0 Å². The average molecular weight is 396 g/mol. The molecule has 0 bridgehead atoms. The van der Waals surface area contributed by atoms with Crippen molar-refractivity contribution in [2.45, 2.75) is 6.92 Å². The van der Waals surface area contributed by atoms with Crippen LogP contribution >= 0.6 is 11.3 Å². The third-order valence-corrected chi connectivity index (χ3v) is 4.76. The molecule has 0 saturated carbocycles. The number of nitro benzene ring substituents is 1. The van der Waals surface area contributed by atoms with Crippen LogP contribution in [-0.4, -0.2) is 16.9 Å². The van der Waals surface area contributed by atoms with Gasteiger partial charge in [-0.15, -0.1) is 11.3 Å². The Balaban J connectivity index is 1.63. The number of rotatable bonds is 5. The summed E-state index contributed by atoms with van der Waals surface area (Å²) in [5, 5.41) is 19.5. The van der Waals surface area contributed by atoms with Crippen molar-refractivity contribution in [3.63, 3.8) is 0 Å². The molecule has 0 radical (unpaired) electrons. The minimum Gasteiger partial charge on any atom is -0.321 e. The Kier molecular flexibility index (Phi) is 5.66. The number of carbonyl (C=O) groups is 2. The van der Waals surface area contributed by atoms with E-state index in [-0.39, 0.29) is 5.69 Å². The fourth-order valence-corrected chi connectivity index (χ4v) is 3.20. The van der Waals surface area contributed by atoms with Gasteiger partial charge in [-0.3, -0.25) is 20.2 Å². The van der Waals surface area contributed by atoms with Crippen LogP contribution in [0, 0.1) is 17.0 Å². The van der Waals surface area contributed by atoms with Gasteiger partial charge in [-0.25, -0.2) is 4.79 Å². The molecular weight excluding hydrogens is 380 g/mol. The lowest BCUT2D eigenvalue weighted by Crippen LogP contribution is -2.18. The summed E-state index contributed by atoms with van der Waals surface area (Å²) in [6, 6.07) is 16.2. The monoisotopic (exact) mass is 396 g/mol. The number of carbonyl (C=O) groups excluding carboxylic acids is 2. The number of anilines is 3. The minimum absolute atomic E-state index is 0.0658. The SMILES string of the molecule is Cc1ccc(NC(=O)c2ccc(NC(=O)Nc3ccccc3)s2)cc1[N+](=O)[O-]. The Hall–Kier alpha value is -3.72. The highest BCUT2D eigenvalue weighted by Crippen LogP contribution is 2.25. The first kappa shape index (κ1) is 19.1. The van der Waals surface area contributed by atoms with Gasteiger partial charge in [-0.1, -0.05) is 24.3 Å². The van der Waals surface area contributed by atoms with E-state index in [4.69, 9.17) is 0 Å². The first-order chi connectivity index (χ1) is 13.4. The van der Waals surface area contributed by atoms with Crippen molar-refractivity contribution in [1.29, 1.82) is 0 Å². The number of hydrogen-bond acceptors (Lipinski definition) is 5. The van der Waals surface area contributed by atoms with Crippen LogP contribution in [0.4, 0.5) is 26.9 Å². The molecule has 0 aliphatic carbocycles. The first-order valence-corrected chi connectivity index (χ1v) is 9.03. The maximum absolute atomic E-state index is 12.4. The van der Waals surface area contributed by atoms with E-state index in [1.165, 1.54) is 6.07 Å². The van der Waals surface area contributed by atoms with Gasteiger partial charge >= 0.3 is 6.03 Å².